The zero-order valence-corrected chi connectivity index (χ0v) is 13.2. The van der Waals surface area contributed by atoms with Gasteiger partial charge in [0.2, 0.25) is 0 Å². The van der Waals surface area contributed by atoms with E-state index >= 15 is 0 Å². The van der Waals surface area contributed by atoms with Crippen molar-refractivity contribution in [3.63, 3.8) is 0 Å². The minimum Gasteiger partial charge on any atom is -0.398 e. The van der Waals surface area contributed by atoms with Crippen LogP contribution in [0, 0.1) is 5.82 Å². The van der Waals surface area contributed by atoms with Gasteiger partial charge >= 0.3 is 6.18 Å². The van der Waals surface area contributed by atoms with Crippen LogP contribution in [0.1, 0.15) is 21.6 Å². The lowest BCUT2D eigenvalue weighted by molar-refractivity contribution is -0.137. The largest absolute Gasteiger partial charge is 0.416 e. The van der Waals surface area contributed by atoms with Crippen LogP contribution >= 0.6 is 0 Å². The summed E-state index contributed by atoms with van der Waals surface area (Å²) in [6, 6.07) is 6.62. The summed E-state index contributed by atoms with van der Waals surface area (Å²) in [5.74, 6) is -1.80. The Morgan fingerprint density at radius 2 is 1.73 bits per heavy atom. The van der Waals surface area contributed by atoms with E-state index in [-0.39, 0.29) is 11.5 Å². The number of carbonyl (C=O) groups is 1. The Bertz CT molecular complexity index is 858. The number of aromatic nitrogens is 1. The van der Waals surface area contributed by atoms with Crippen LogP contribution in [0.4, 0.5) is 17.6 Å². The van der Waals surface area contributed by atoms with Gasteiger partial charge in [-0.2, -0.15) is 13.2 Å². The predicted molar refractivity (Wildman–Crippen MR) is 87.5 cm³/mol. The second-order valence-corrected chi connectivity index (χ2v) is 5.11. The van der Waals surface area contributed by atoms with Crippen molar-refractivity contribution in [2.24, 2.45) is 11.5 Å². The van der Waals surface area contributed by atoms with Crippen LogP contribution in [0.3, 0.4) is 0 Å². The van der Waals surface area contributed by atoms with Gasteiger partial charge in [0.05, 0.1) is 5.56 Å². The van der Waals surface area contributed by atoms with E-state index in [9.17, 15) is 22.4 Å². The Morgan fingerprint density at radius 3 is 2.31 bits per heavy atom. The van der Waals surface area contributed by atoms with Crippen molar-refractivity contribution in [1.29, 1.82) is 0 Å². The number of benzene rings is 1. The number of halogens is 4. The molecule has 2 aromatic rings. The number of nitrogens with zero attached hydrogens (tertiary/aromatic N) is 1. The maximum absolute atomic E-state index is 13.4. The molecule has 1 aromatic heterocycles. The summed E-state index contributed by atoms with van der Waals surface area (Å²) >= 11 is 0. The van der Waals surface area contributed by atoms with Crippen LogP contribution in [0.25, 0.3) is 5.70 Å². The van der Waals surface area contributed by atoms with Crippen molar-refractivity contribution in [3.05, 3.63) is 83.2 Å². The molecule has 1 heterocycles. The van der Waals surface area contributed by atoms with Crippen molar-refractivity contribution >= 4 is 11.6 Å². The monoisotopic (exact) mass is 366 g/mol. The van der Waals surface area contributed by atoms with E-state index in [1.807, 2.05) is 0 Å². The summed E-state index contributed by atoms with van der Waals surface area (Å²) in [6.45, 7) is 0. The Morgan fingerprint density at radius 1 is 1.08 bits per heavy atom. The molecule has 9 heteroatoms. The molecule has 0 aliphatic carbocycles. The quantitative estimate of drug-likeness (QED) is 0.573. The number of hydrogen-bond acceptors (Lipinski definition) is 4. The van der Waals surface area contributed by atoms with E-state index in [0.717, 1.165) is 18.2 Å². The molecule has 0 fully saturated rings. The van der Waals surface area contributed by atoms with Crippen LogP contribution in [0.5, 0.6) is 0 Å². The summed E-state index contributed by atoms with van der Waals surface area (Å²) in [4.78, 5) is 15.4. The van der Waals surface area contributed by atoms with Crippen LogP contribution in [0.15, 0.2) is 60.6 Å². The van der Waals surface area contributed by atoms with Gasteiger partial charge in [-0.05, 0) is 42.0 Å². The number of pyridine rings is 1. The minimum absolute atomic E-state index is 0.125. The summed E-state index contributed by atoms with van der Waals surface area (Å²) in [5, 5.41) is 2.22. The summed E-state index contributed by atoms with van der Waals surface area (Å²) in [6.07, 6.45) is -0.661. The Hall–Kier alpha value is -3.36. The fraction of sp³-hybridized carbons (Fsp3) is 0.0588. The minimum atomic E-state index is -4.44. The zero-order valence-electron chi connectivity index (χ0n) is 13.2. The van der Waals surface area contributed by atoms with Gasteiger partial charge in [-0.3, -0.25) is 4.79 Å². The predicted octanol–water partition coefficient (Wildman–Crippen LogP) is 2.77. The molecule has 5 N–H and O–H groups in total. The SMILES string of the molecule is N/C(=C\C=C(/N)NC(=O)c1ncccc1F)c1ccc(C(F)(F)F)cc1. The zero-order chi connectivity index (χ0) is 19.3. The van der Waals surface area contributed by atoms with Gasteiger partial charge in [-0.15, -0.1) is 0 Å². The van der Waals surface area contributed by atoms with Gasteiger partial charge in [-0.25, -0.2) is 9.37 Å². The van der Waals surface area contributed by atoms with Crippen LogP contribution in [0.2, 0.25) is 0 Å². The fourth-order valence-electron chi connectivity index (χ4n) is 1.91. The molecule has 0 bridgehead atoms. The third kappa shape index (κ3) is 4.82. The lowest BCUT2D eigenvalue weighted by Crippen LogP contribution is -2.28. The highest BCUT2D eigenvalue weighted by molar-refractivity contribution is 5.93. The number of carbonyl (C=O) groups excluding carboxylic acids is 1. The van der Waals surface area contributed by atoms with Crippen molar-refractivity contribution < 1.29 is 22.4 Å². The van der Waals surface area contributed by atoms with Crippen molar-refractivity contribution in [2.75, 3.05) is 0 Å². The first-order valence-corrected chi connectivity index (χ1v) is 7.21. The topological polar surface area (TPSA) is 94.0 Å². The van der Waals surface area contributed by atoms with E-state index in [2.05, 4.69) is 10.3 Å². The molecule has 1 aromatic carbocycles. The van der Waals surface area contributed by atoms with Crippen LogP contribution in [-0.4, -0.2) is 10.9 Å². The average molecular weight is 366 g/mol. The first kappa shape index (κ1) is 19.0. The van der Waals surface area contributed by atoms with Crippen molar-refractivity contribution in [2.45, 2.75) is 6.18 Å². The second-order valence-electron chi connectivity index (χ2n) is 5.11. The highest BCUT2D eigenvalue weighted by Gasteiger charge is 2.29. The first-order valence-electron chi connectivity index (χ1n) is 7.21. The average Bonchev–Trinajstić information content (AvgIpc) is 2.59. The number of allylic oxidation sites excluding steroid dienone is 2. The molecule has 5 nitrogen and oxygen atoms in total. The second kappa shape index (κ2) is 7.68. The molecule has 0 aliphatic rings. The lowest BCUT2D eigenvalue weighted by Gasteiger charge is -2.08. The molecule has 0 spiro atoms. The van der Waals surface area contributed by atoms with Gasteiger partial charge in [0.25, 0.3) is 5.91 Å². The van der Waals surface area contributed by atoms with Crippen molar-refractivity contribution in [1.82, 2.24) is 10.3 Å². The van der Waals surface area contributed by atoms with E-state index < -0.39 is 29.2 Å². The molecule has 26 heavy (non-hydrogen) atoms. The number of nitrogens with two attached hydrogens (primary N) is 2. The maximum atomic E-state index is 13.4. The summed E-state index contributed by atoms with van der Waals surface area (Å²) in [5.41, 5.74) is 10.6. The van der Waals surface area contributed by atoms with Gasteiger partial charge in [-0.1, -0.05) is 12.1 Å². The van der Waals surface area contributed by atoms with Gasteiger partial charge in [0, 0.05) is 11.9 Å². The van der Waals surface area contributed by atoms with E-state index in [1.54, 1.807) is 0 Å². The van der Waals surface area contributed by atoms with E-state index in [1.165, 1.54) is 36.5 Å². The Labute approximate surface area is 146 Å². The molecule has 0 aliphatic heterocycles. The third-order valence-corrected chi connectivity index (χ3v) is 3.22. The Kier molecular flexibility index (Phi) is 5.61. The number of amides is 1. The van der Waals surface area contributed by atoms with Gasteiger partial charge in [0.15, 0.2) is 11.5 Å². The first-order chi connectivity index (χ1) is 12.2. The van der Waals surface area contributed by atoms with Gasteiger partial charge in [0.1, 0.15) is 5.82 Å². The normalized spacial score (nSPS) is 12.8. The third-order valence-electron chi connectivity index (χ3n) is 3.22. The van der Waals surface area contributed by atoms with Crippen LogP contribution in [-0.2, 0) is 6.18 Å². The van der Waals surface area contributed by atoms with Crippen LogP contribution < -0.4 is 16.8 Å². The standard InChI is InChI=1S/C17H14F4N4O/c18-12-2-1-9-24-15(12)16(26)25-14(23)8-7-13(22)10-3-5-11(6-4-10)17(19,20)21/h1-9H,22-23H2,(H,25,26)/b13-7-,14-8+. The fourth-order valence-corrected chi connectivity index (χ4v) is 1.91. The molecule has 136 valence electrons. The highest BCUT2D eigenvalue weighted by atomic mass is 19.4. The van der Waals surface area contributed by atoms with Gasteiger partial charge < -0.3 is 16.8 Å². The van der Waals surface area contributed by atoms with Crippen molar-refractivity contribution in [3.8, 4) is 0 Å². The molecule has 0 radical (unpaired) electrons. The number of hydrogen-bond donors (Lipinski definition) is 3. The lowest BCUT2D eigenvalue weighted by atomic mass is 10.1. The van der Waals surface area contributed by atoms with E-state index in [0.29, 0.717) is 5.56 Å². The molecule has 0 saturated carbocycles. The highest BCUT2D eigenvalue weighted by Crippen LogP contribution is 2.29. The number of alkyl halides is 3. The molecule has 1 amide bonds. The summed E-state index contributed by atoms with van der Waals surface area (Å²) < 4.78 is 51.0. The molecular weight excluding hydrogens is 352 g/mol. The molecular formula is C17H14F4N4O. The number of nitrogens with one attached hydrogen (secondary N) is 1. The smallest absolute Gasteiger partial charge is 0.398 e. The molecule has 0 unspecified atom stereocenters. The summed E-state index contributed by atoms with van der Waals surface area (Å²) in [7, 11) is 0. The van der Waals surface area contributed by atoms with E-state index in [4.69, 9.17) is 11.5 Å². The molecule has 0 saturated heterocycles. The maximum Gasteiger partial charge on any atom is 0.416 e. The molecule has 0 atom stereocenters. The number of rotatable bonds is 4. The Balaban J connectivity index is 2.09. The molecule has 2 rings (SSSR count).